The number of nitro benzene ring substituents is 1. The molecule has 0 amide bonds. The second-order valence-electron chi connectivity index (χ2n) is 8.44. The Bertz CT molecular complexity index is 1230. The van der Waals surface area contributed by atoms with E-state index in [4.69, 9.17) is 21.7 Å². The van der Waals surface area contributed by atoms with Crippen molar-refractivity contribution < 1.29 is 14.4 Å². The molecule has 1 fully saturated rings. The summed E-state index contributed by atoms with van der Waals surface area (Å²) in [4.78, 5) is 17.9. The van der Waals surface area contributed by atoms with Crippen LogP contribution in [0.2, 0.25) is 0 Å². The van der Waals surface area contributed by atoms with Gasteiger partial charge in [0.25, 0.3) is 5.69 Å². The number of rotatable bonds is 9. The molecule has 0 saturated carbocycles. The van der Waals surface area contributed by atoms with E-state index in [0.717, 1.165) is 35.6 Å². The molecule has 2 aromatic heterocycles. The Morgan fingerprint density at radius 2 is 2.00 bits per heavy atom. The van der Waals surface area contributed by atoms with Gasteiger partial charge in [-0.25, -0.2) is 0 Å². The first kappa shape index (κ1) is 24.6. The van der Waals surface area contributed by atoms with Crippen LogP contribution in [0, 0.1) is 24.0 Å². The van der Waals surface area contributed by atoms with Crippen molar-refractivity contribution >= 4 is 23.0 Å². The van der Waals surface area contributed by atoms with Crippen molar-refractivity contribution in [3.63, 3.8) is 0 Å². The number of hydrogen-bond donors (Lipinski definition) is 1. The molecule has 0 radical (unpaired) electrons. The van der Waals surface area contributed by atoms with Crippen molar-refractivity contribution in [3.8, 4) is 11.4 Å². The van der Waals surface area contributed by atoms with Gasteiger partial charge >= 0.3 is 0 Å². The van der Waals surface area contributed by atoms with E-state index < -0.39 is 4.92 Å². The van der Waals surface area contributed by atoms with E-state index in [0.29, 0.717) is 23.2 Å². The molecule has 35 heavy (non-hydrogen) atoms. The molecule has 0 bridgehead atoms. The lowest BCUT2D eigenvalue weighted by atomic mass is 9.96. The van der Waals surface area contributed by atoms with Crippen LogP contribution in [0.1, 0.15) is 41.1 Å². The first-order valence-electron chi connectivity index (χ1n) is 11.4. The molecule has 4 rings (SSSR count). The summed E-state index contributed by atoms with van der Waals surface area (Å²) in [5.74, 6) is 0.558. The SMILES string of the molecule is COCCCN1C(=S)N[C@H](c2ccccn2)[C@@H]1c1cc(C)n(-c2cc([N+](=O)[O-])ccc2OC)c1C. The molecule has 1 N–H and O–H groups in total. The van der Waals surface area contributed by atoms with Crippen LogP contribution in [0.3, 0.4) is 0 Å². The second-order valence-corrected chi connectivity index (χ2v) is 8.83. The highest BCUT2D eigenvalue weighted by atomic mass is 32.1. The Morgan fingerprint density at radius 1 is 1.20 bits per heavy atom. The molecule has 10 heteroatoms. The van der Waals surface area contributed by atoms with Crippen LogP contribution in [0.5, 0.6) is 5.75 Å². The van der Waals surface area contributed by atoms with Crippen LogP contribution < -0.4 is 10.1 Å². The van der Waals surface area contributed by atoms with Crippen LogP contribution in [-0.2, 0) is 4.74 Å². The molecule has 1 aromatic carbocycles. The fourth-order valence-corrected chi connectivity index (χ4v) is 5.12. The first-order valence-corrected chi connectivity index (χ1v) is 11.8. The van der Waals surface area contributed by atoms with Crippen LogP contribution in [0.4, 0.5) is 5.69 Å². The fraction of sp³-hybridized carbons (Fsp3) is 0.360. The molecule has 1 saturated heterocycles. The third-order valence-electron chi connectivity index (χ3n) is 6.35. The number of non-ortho nitro benzene ring substituents is 1. The number of methoxy groups -OCH3 is 2. The first-order chi connectivity index (χ1) is 16.9. The topological polar surface area (TPSA) is 94.7 Å². The molecule has 3 aromatic rings. The summed E-state index contributed by atoms with van der Waals surface area (Å²) >= 11 is 5.75. The third-order valence-corrected chi connectivity index (χ3v) is 6.70. The molecular weight excluding hydrogens is 466 g/mol. The van der Waals surface area contributed by atoms with Gasteiger partial charge in [0.2, 0.25) is 0 Å². The summed E-state index contributed by atoms with van der Waals surface area (Å²) in [6, 6.07) is 12.3. The van der Waals surface area contributed by atoms with Crippen molar-refractivity contribution in [1.29, 1.82) is 0 Å². The normalized spacial score (nSPS) is 17.5. The maximum atomic E-state index is 11.5. The predicted molar refractivity (Wildman–Crippen MR) is 137 cm³/mol. The minimum atomic E-state index is -0.397. The quantitative estimate of drug-likeness (QED) is 0.202. The molecule has 184 valence electrons. The van der Waals surface area contributed by atoms with Crippen LogP contribution in [0.25, 0.3) is 5.69 Å². The van der Waals surface area contributed by atoms with Gasteiger partial charge in [-0.15, -0.1) is 0 Å². The standard InChI is InChI=1S/C25H29N5O4S/c1-16-14-19(17(2)29(16)21-15-18(30(31)32)9-10-22(21)34-4)24-23(20-8-5-6-11-26-20)27-25(35)28(24)12-7-13-33-3/h5-6,8-11,14-15,23-24H,7,12-13H2,1-4H3,(H,27,35)/t23-,24+/m1/s1. The molecule has 0 unspecified atom stereocenters. The number of hydrogen-bond acceptors (Lipinski definition) is 6. The van der Waals surface area contributed by atoms with E-state index in [1.54, 1.807) is 32.5 Å². The fourth-order valence-electron chi connectivity index (χ4n) is 4.79. The smallest absolute Gasteiger partial charge is 0.271 e. The number of benzene rings is 1. The second kappa shape index (κ2) is 10.4. The van der Waals surface area contributed by atoms with Gasteiger partial charge in [-0.2, -0.15) is 0 Å². The van der Waals surface area contributed by atoms with E-state index in [1.165, 1.54) is 6.07 Å². The summed E-state index contributed by atoms with van der Waals surface area (Å²) in [5, 5.41) is 15.6. The molecule has 0 aliphatic carbocycles. The number of nitrogens with one attached hydrogen (secondary N) is 1. The van der Waals surface area contributed by atoms with E-state index >= 15 is 0 Å². The number of aromatic nitrogens is 2. The molecule has 1 aliphatic heterocycles. The average Bonchev–Trinajstić information content (AvgIpc) is 3.34. The zero-order chi connectivity index (χ0) is 25.1. The Morgan fingerprint density at radius 3 is 2.66 bits per heavy atom. The highest BCUT2D eigenvalue weighted by Gasteiger charge is 2.41. The van der Waals surface area contributed by atoms with Gasteiger partial charge in [0.1, 0.15) is 5.75 Å². The summed E-state index contributed by atoms with van der Waals surface area (Å²) in [5.41, 5.74) is 4.48. The van der Waals surface area contributed by atoms with Gasteiger partial charge in [0.05, 0.1) is 35.5 Å². The van der Waals surface area contributed by atoms with Gasteiger partial charge in [0, 0.05) is 50.0 Å². The number of ether oxygens (including phenoxy) is 2. The van der Waals surface area contributed by atoms with Crippen molar-refractivity contribution in [2.75, 3.05) is 27.4 Å². The maximum Gasteiger partial charge on any atom is 0.271 e. The van der Waals surface area contributed by atoms with Crippen molar-refractivity contribution in [1.82, 2.24) is 19.8 Å². The van der Waals surface area contributed by atoms with Crippen LogP contribution >= 0.6 is 12.2 Å². The summed E-state index contributed by atoms with van der Waals surface area (Å²) in [6.45, 7) is 5.35. The molecular formula is C25H29N5O4S. The van der Waals surface area contributed by atoms with E-state index in [-0.39, 0.29) is 17.8 Å². The predicted octanol–water partition coefficient (Wildman–Crippen LogP) is 4.41. The Hall–Kier alpha value is -3.50. The molecule has 1 aliphatic rings. The molecule has 2 atom stereocenters. The number of thiocarbonyl (C=S) groups is 1. The monoisotopic (exact) mass is 495 g/mol. The van der Waals surface area contributed by atoms with Gasteiger partial charge in [0.15, 0.2) is 5.11 Å². The number of pyridine rings is 1. The summed E-state index contributed by atoms with van der Waals surface area (Å²) in [7, 11) is 3.25. The van der Waals surface area contributed by atoms with Gasteiger partial charge in [-0.1, -0.05) is 6.07 Å². The maximum absolute atomic E-state index is 11.5. The zero-order valence-electron chi connectivity index (χ0n) is 20.2. The van der Waals surface area contributed by atoms with E-state index in [1.807, 2.05) is 36.6 Å². The lowest BCUT2D eigenvalue weighted by Gasteiger charge is -2.28. The lowest BCUT2D eigenvalue weighted by molar-refractivity contribution is -0.384. The zero-order valence-corrected chi connectivity index (χ0v) is 21.0. The number of aryl methyl sites for hydroxylation is 1. The minimum Gasteiger partial charge on any atom is -0.495 e. The van der Waals surface area contributed by atoms with Gasteiger partial charge in [-0.3, -0.25) is 15.1 Å². The highest BCUT2D eigenvalue weighted by Crippen LogP contribution is 2.42. The Balaban J connectivity index is 1.84. The lowest BCUT2D eigenvalue weighted by Crippen LogP contribution is -2.31. The van der Waals surface area contributed by atoms with Crippen molar-refractivity contribution in [3.05, 3.63) is 81.4 Å². The highest BCUT2D eigenvalue weighted by molar-refractivity contribution is 7.80. The van der Waals surface area contributed by atoms with Crippen LogP contribution in [0.15, 0.2) is 48.7 Å². The minimum absolute atomic E-state index is 0.00566. The Kier molecular flexibility index (Phi) is 7.32. The number of nitro groups is 1. The van der Waals surface area contributed by atoms with Crippen LogP contribution in [-0.4, -0.2) is 51.9 Å². The van der Waals surface area contributed by atoms with Crippen molar-refractivity contribution in [2.45, 2.75) is 32.4 Å². The van der Waals surface area contributed by atoms with Crippen molar-refractivity contribution in [2.24, 2.45) is 0 Å². The van der Waals surface area contributed by atoms with E-state index in [2.05, 4.69) is 21.3 Å². The molecule has 0 spiro atoms. The van der Waals surface area contributed by atoms with Gasteiger partial charge < -0.3 is 24.3 Å². The summed E-state index contributed by atoms with van der Waals surface area (Å²) < 4.78 is 12.8. The molecule has 9 nitrogen and oxygen atoms in total. The van der Waals surface area contributed by atoms with E-state index in [9.17, 15) is 10.1 Å². The Labute approximate surface area is 209 Å². The largest absolute Gasteiger partial charge is 0.495 e. The van der Waals surface area contributed by atoms with Gasteiger partial charge in [-0.05, 0) is 62.3 Å². The average molecular weight is 496 g/mol. The summed E-state index contributed by atoms with van der Waals surface area (Å²) in [6.07, 6.45) is 2.60. The number of nitrogens with zero attached hydrogens (tertiary/aromatic N) is 4. The third kappa shape index (κ3) is 4.71. The molecule has 3 heterocycles.